The van der Waals surface area contributed by atoms with Gasteiger partial charge in [-0.05, 0) is 12.1 Å². The number of nitrogens with zero attached hydrogens (tertiary/aromatic N) is 1. The van der Waals surface area contributed by atoms with Gasteiger partial charge >= 0.3 is 5.97 Å². The van der Waals surface area contributed by atoms with Gasteiger partial charge in [0.2, 0.25) is 0 Å². The molecule has 0 aliphatic carbocycles. The van der Waals surface area contributed by atoms with Crippen molar-refractivity contribution in [2.45, 2.75) is 0 Å². The summed E-state index contributed by atoms with van der Waals surface area (Å²) in [5, 5.41) is 8.57. The standard InChI is InChI=1S/C9H5ClFNO2/c1-14-9(13)6-2-5(11)3-8(10)7(6)4-12/h2-3H,1H3. The third-order valence-electron chi connectivity index (χ3n) is 1.57. The van der Waals surface area contributed by atoms with Crippen molar-refractivity contribution in [1.82, 2.24) is 0 Å². The minimum atomic E-state index is -0.789. The van der Waals surface area contributed by atoms with Crippen LogP contribution in [-0.4, -0.2) is 13.1 Å². The van der Waals surface area contributed by atoms with Crippen molar-refractivity contribution in [3.63, 3.8) is 0 Å². The molecule has 0 fully saturated rings. The molecule has 72 valence electrons. The number of nitriles is 1. The molecule has 0 heterocycles. The highest BCUT2D eigenvalue weighted by Crippen LogP contribution is 2.21. The van der Waals surface area contributed by atoms with Crippen LogP contribution in [0.4, 0.5) is 4.39 Å². The lowest BCUT2D eigenvalue weighted by Crippen LogP contribution is -2.05. The number of methoxy groups -OCH3 is 1. The van der Waals surface area contributed by atoms with E-state index in [0.717, 1.165) is 19.2 Å². The SMILES string of the molecule is COC(=O)c1cc(F)cc(Cl)c1C#N. The van der Waals surface area contributed by atoms with E-state index in [1.807, 2.05) is 0 Å². The zero-order chi connectivity index (χ0) is 10.7. The monoisotopic (exact) mass is 213 g/mol. The Morgan fingerprint density at radius 2 is 2.29 bits per heavy atom. The summed E-state index contributed by atoms with van der Waals surface area (Å²) in [5.74, 6) is -1.47. The van der Waals surface area contributed by atoms with Crippen molar-refractivity contribution in [3.05, 3.63) is 34.1 Å². The lowest BCUT2D eigenvalue weighted by molar-refractivity contribution is 0.0600. The van der Waals surface area contributed by atoms with Crippen LogP contribution in [0.15, 0.2) is 12.1 Å². The zero-order valence-electron chi connectivity index (χ0n) is 7.17. The minimum absolute atomic E-state index is 0.0834. The van der Waals surface area contributed by atoms with E-state index in [9.17, 15) is 9.18 Å². The Morgan fingerprint density at radius 1 is 1.64 bits per heavy atom. The van der Waals surface area contributed by atoms with E-state index in [2.05, 4.69) is 4.74 Å². The van der Waals surface area contributed by atoms with Crippen molar-refractivity contribution in [2.24, 2.45) is 0 Å². The Labute approximate surface area is 84.7 Å². The Balaban J connectivity index is 3.41. The summed E-state index contributed by atoms with van der Waals surface area (Å²) in [5.41, 5.74) is -0.250. The van der Waals surface area contributed by atoms with Gasteiger partial charge in [0.25, 0.3) is 0 Å². The third-order valence-corrected chi connectivity index (χ3v) is 1.87. The van der Waals surface area contributed by atoms with Crippen molar-refractivity contribution >= 4 is 17.6 Å². The topological polar surface area (TPSA) is 50.1 Å². The third kappa shape index (κ3) is 1.83. The molecule has 3 nitrogen and oxygen atoms in total. The van der Waals surface area contributed by atoms with Gasteiger partial charge in [-0.1, -0.05) is 11.6 Å². The zero-order valence-corrected chi connectivity index (χ0v) is 7.93. The van der Waals surface area contributed by atoms with E-state index in [-0.39, 0.29) is 16.1 Å². The highest BCUT2D eigenvalue weighted by molar-refractivity contribution is 6.32. The first kappa shape index (κ1) is 10.5. The molecule has 5 heteroatoms. The molecule has 1 rings (SSSR count). The van der Waals surface area contributed by atoms with E-state index in [0.29, 0.717) is 0 Å². The Morgan fingerprint density at radius 3 is 2.79 bits per heavy atom. The second-order valence-corrected chi connectivity index (χ2v) is 2.82. The molecule has 0 aromatic heterocycles. The van der Waals surface area contributed by atoms with E-state index in [1.54, 1.807) is 6.07 Å². The molecule has 0 saturated heterocycles. The molecule has 0 aliphatic heterocycles. The maximum Gasteiger partial charge on any atom is 0.339 e. The first-order valence-corrected chi connectivity index (χ1v) is 3.95. The minimum Gasteiger partial charge on any atom is -0.465 e. The van der Waals surface area contributed by atoms with Gasteiger partial charge in [0.15, 0.2) is 0 Å². The van der Waals surface area contributed by atoms with Gasteiger partial charge in [0, 0.05) is 0 Å². The van der Waals surface area contributed by atoms with Crippen LogP contribution in [0.25, 0.3) is 0 Å². The summed E-state index contributed by atoms with van der Waals surface area (Å²) >= 11 is 5.57. The average Bonchev–Trinajstić information content (AvgIpc) is 2.15. The maximum atomic E-state index is 12.8. The largest absolute Gasteiger partial charge is 0.465 e. The fourth-order valence-electron chi connectivity index (χ4n) is 0.958. The van der Waals surface area contributed by atoms with Gasteiger partial charge in [0.05, 0.1) is 23.3 Å². The van der Waals surface area contributed by atoms with Crippen molar-refractivity contribution < 1.29 is 13.9 Å². The summed E-state index contributed by atoms with van der Waals surface area (Å²) in [6.07, 6.45) is 0. The van der Waals surface area contributed by atoms with E-state index < -0.39 is 11.8 Å². The van der Waals surface area contributed by atoms with E-state index in [1.165, 1.54) is 0 Å². The number of carbonyl (C=O) groups excluding carboxylic acids is 1. The van der Waals surface area contributed by atoms with Crippen LogP contribution in [0.5, 0.6) is 0 Å². The van der Waals surface area contributed by atoms with Crippen molar-refractivity contribution in [1.29, 1.82) is 5.26 Å². The number of hydrogen-bond acceptors (Lipinski definition) is 3. The molecule has 0 atom stereocenters. The van der Waals surface area contributed by atoms with E-state index >= 15 is 0 Å². The summed E-state index contributed by atoms with van der Waals surface area (Å²) in [7, 11) is 1.14. The number of hydrogen-bond donors (Lipinski definition) is 0. The van der Waals surface area contributed by atoms with Crippen LogP contribution >= 0.6 is 11.6 Å². The fraction of sp³-hybridized carbons (Fsp3) is 0.111. The van der Waals surface area contributed by atoms with Crippen molar-refractivity contribution in [3.8, 4) is 6.07 Å². The second-order valence-electron chi connectivity index (χ2n) is 2.41. The van der Waals surface area contributed by atoms with Crippen LogP contribution in [0, 0.1) is 17.1 Å². The predicted molar refractivity (Wildman–Crippen MR) is 47.5 cm³/mol. The molecule has 1 aromatic rings. The molecule has 0 amide bonds. The molecule has 0 unspecified atom stereocenters. The predicted octanol–water partition coefficient (Wildman–Crippen LogP) is 2.14. The number of halogens is 2. The van der Waals surface area contributed by atoms with Crippen LogP contribution in [0.2, 0.25) is 5.02 Å². The number of carbonyl (C=O) groups is 1. The number of rotatable bonds is 1. The Bertz CT molecular complexity index is 426. The quantitative estimate of drug-likeness (QED) is 0.672. The Hall–Kier alpha value is -1.60. The number of benzene rings is 1. The van der Waals surface area contributed by atoms with Crippen LogP contribution in [-0.2, 0) is 4.74 Å². The maximum absolute atomic E-state index is 12.8. The van der Waals surface area contributed by atoms with Gasteiger partial charge in [-0.25, -0.2) is 9.18 Å². The van der Waals surface area contributed by atoms with Gasteiger partial charge in [-0.15, -0.1) is 0 Å². The van der Waals surface area contributed by atoms with Gasteiger partial charge in [0.1, 0.15) is 11.9 Å². The van der Waals surface area contributed by atoms with E-state index in [4.69, 9.17) is 16.9 Å². The molecule has 0 bridgehead atoms. The first-order valence-electron chi connectivity index (χ1n) is 3.57. The lowest BCUT2D eigenvalue weighted by atomic mass is 10.1. The molecule has 14 heavy (non-hydrogen) atoms. The molecule has 0 aliphatic rings. The molecule has 0 saturated carbocycles. The highest BCUT2D eigenvalue weighted by Gasteiger charge is 2.16. The van der Waals surface area contributed by atoms with Crippen molar-refractivity contribution in [2.75, 3.05) is 7.11 Å². The first-order chi connectivity index (χ1) is 6.60. The van der Waals surface area contributed by atoms with Gasteiger partial charge < -0.3 is 4.74 Å². The van der Waals surface area contributed by atoms with Crippen LogP contribution in [0.1, 0.15) is 15.9 Å². The molecule has 0 spiro atoms. The van der Waals surface area contributed by atoms with Crippen LogP contribution < -0.4 is 0 Å². The summed E-state index contributed by atoms with van der Waals surface area (Å²) in [4.78, 5) is 11.1. The summed E-state index contributed by atoms with van der Waals surface area (Å²) in [6, 6.07) is 3.58. The lowest BCUT2D eigenvalue weighted by Gasteiger charge is -2.03. The summed E-state index contributed by atoms with van der Waals surface area (Å²) in [6.45, 7) is 0. The smallest absolute Gasteiger partial charge is 0.339 e. The van der Waals surface area contributed by atoms with Crippen LogP contribution in [0.3, 0.4) is 0 Å². The molecular weight excluding hydrogens is 209 g/mol. The molecule has 0 radical (unpaired) electrons. The summed E-state index contributed by atoms with van der Waals surface area (Å²) < 4.78 is 17.2. The highest BCUT2D eigenvalue weighted by atomic mass is 35.5. The Kier molecular flexibility index (Phi) is 3.05. The fourth-order valence-corrected chi connectivity index (χ4v) is 1.21. The average molecular weight is 214 g/mol. The second kappa shape index (κ2) is 4.07. The molecule has 0 N–H and O–H groups in total. The number of ether oxygens (including phenoxy) is 1. The normalized spacial score (nSPS) is 9.29. The van der Waals surface area contributed by atoms with Gasteiger partial charge in [-0.3, -0.25) is 0 Å². The number of esters is 1. The molecule has 1 aromatic carbocycles. The molecular formula is C9H5ClFNO2. The van der Waals surface area contributed by atoms with Gasteiger partial charge in [-0.2, -0.15) is 5.26 Å².